The largest absolute Gasteiger partial charge is 0.493 e. The summed E-state index contributed by atoms with van der Waals surface area (Å²) in [5, 5.41) is 11.7. The lowest BCUT2D eigenvalue weighted by Gasteiger charge is -2.17. The summed E-state index contributed by atoms with van der Waals surface area (Å²) in [5.74, 6) is -2.24. The third kappa shape index (κ3) is 3.54. The molecule has 0 aliphatic carbocycles. The highest BCUT2D eigenvalue weighted by Gasteiger charge is 2.43. The number of nitrogens with zero attached hydrogens (tertiary/aromatic N) is 2. The molecule has 0 bridgehead atoms. The smallest absolute Gasteiger partial charge is 0.457 e. The van der Waals surface area contributed by atoms with Crippen molar-refractivity contribution in [1.82, 2.24) is 15.0 Å². The van der Waals surface area contributed by atoms with Gasteiger partial charge in [-0.05, 0) is 30.3 Å². The number of aromatic nitrogens is 2. The molecule has 3 aromatic rings. The molecule has 1 amide bonds. The Morgan fingerprint density at radius 3 is 2.80 bits per heavy atom. The number of hydrogen-bond donors (Lipinski definition) is 2. The van der Waals surface area contributed by atoms with Crippen LogP contribution >= 0.6 is 0 Å². The average molecular weight is 421 g/mol. The predicted molar refractivity (Wildman–Crippen MR) is 95.0 cm³/mol. The van der Waals surface area contributed by atoms with Crippen LogP contribution < -0.4 is 10.2 Å². The molecule has 1 aliphatic rings. The molecule has 0 saturated heterocycles. The molecule has 0 radical (unpaired) electrons. The van der Waals surface area contributed by atoms with Gasteiger partial charge in [-0.1, -0.05) is 0 Å². The van der Waals surface area contributed by atoms with Crippen LogP contribution in [0, 0.1) is 0 Å². The fourth-order valence-corrected chi connectivity index (χ4v) is 3.12. The third-order valence-electron chi connectivity index (χ3n) is 4.48. The maximum atomic E-state index is 12.8. The quantitative estimate of drug-likeness (QED) is 0.668. The Morgan fingerprint density at radius 1 is 1.30 bits per heavy atom. The standard InChI is InChI=1S/C19H14F3N3O5/c20-19(21,22)18(28)30-25-14-4-6-24-17(27)12(14)8-15(25)10-3-5-23-13(7-10)16-2-1-11(9-26)29-16/h1-3,5,7-8,26H,4,6,9H2,(H,24,27). The fourth-order valence-electron chi connectivity index (χ4n) is 3.12. The number of nitrogens with one attached hydrogen (secondary N) is 1. The lowest BCUT2D eigenvalue weighted by molar-refractivity contribution is -0.199. The Morgan fingerprint density at radius 2 is 2.10 bits per heavy atom. The molecule has 1 aliphatic heterocycles. The Labute approximate surface area is 166 Å². The normalized spacial score (nSPS) is 13.7. The Bertz CT molecular complexity index is 1130. The maximum Gasteiger partial charge on any atom is 0.493 e. The van der Waals surface area contributed by atoms with E-state index < -0.39 is 18.1 Å². The lowest BCUT2D eigenvalue weighted by atomic mass is 10.1. The van der Waals surface area contributed by atoms with Crippen molar-refractivity contribution in [2.45, 2.75) is 19.2 Å². The van der Waals surface area contributed by atoms with Crippen molar-refractivity contribution in [3.8, 4) is 22.7 Å². The molecule has 4 rings (SSSR count). The van der Waals surface area contributed by atoms with Crippen molar-refractivity contribution in [2.24, 2.45) is 0 Å². The lowest BCUT2D eigenvalue weighted by Crippen LogP contribution is -2.37. The zero-order chi connectivity index (χ0) is 21.5. The molecule has 0 aromatic carbocycles. The molecule has 0 atom stereocenters. The van der Waals surface area contributed by atoms with Gasteiger partial charge in [0, 0.05) is 24.7 Å². The topological polar surface area (TPSA) is 107 Å². The summed E-state index contributed by atoms with van der Waals surface area (Å²) in [6.07, 6.45) is -3.63. The van der Waals surface area contributed by atoms with E-state index in [1.807, 2.05) is 0 Å². The molecule has 3 aromatic heterocycles. The number of amides is 1. The summed E-state index contributed by atoms with van der Waals surface area (Å²) in [4.78, 5) is 32.4. The monoisotopic (exact) mass is 421 g/mol. The maximum absolute atomic E-state index is 12.8. The molecular weight excluding hydrogens is 407 g/mol. The molecular formula is C19H14F3N3O5. The zero-order valence-electron chi connectivity index (χ0n) is 15.2. The molecule has 11 heteroatoms. The van der Waals surface area contributed by atoms with Crippen molar-refractivity contribution >= 4 is 11.9 Å². The number of pyridine rings is 1. The van der Waals surface area contributed by atoms with Gasteiger partial charge in [0.05, 0.1) is 17.0 Å². The van der Waals surface area contributed by atoms with Gasteiger partial charge in [0.2, 0.25) is 0 Å². The molecule has 4 heterocycles. The molecule has 8 nitrogen and oxygen atoms in total. The minimum absolute atomic E-state index is 0.0761. The number of aliphatic hydroxyl groups excluding tert-OH is 1. The first-order valence-corrected chi connectivity index (χ1v) is 8.76. The molecule has 156 valence electrons. The van der Waals surface area contributed by atoms with Crippen LogP contribution in [-0.4, -0.2) is 39.4 Å². The average Bonchev–Trinajstić information content (AvgIpc) is 3.33. The first kappa shape index (κ1) is 19.7. The summed E-state index contributed by atoms with van der Waals surface area (Å²) < 4.78 is 44.6. The fraction of sp³-hybridized carbons (Fsp3) is 0.211. The van der Waals surface area contributed by atoms with Crippen LogP contribution in [0.15, 0.2) is 40.9 Å². The van der Waals surface area contributed by atoms with E-state index in [1.165, 1.54) is 24.4 Å². The second-order valence-corrected chi connectivity index (χ2v) is 6.42. The van der Waals surface area contributed by atoms with E-state index >= 15 is 0 Å². The Kier molecular flexibility index (Phi) is 4.82. The minimum atomic E-state index is -5.20. The highest BCUT2D eigenvalue weighted by Crippen LogP contribution is 2.31. The molecule has 0 saturated carbocycles. The number of halogens is 3. The molecule has 0 spiro atoms. The number of carbonyl (C=O) groups is 2. The number of carbonyl (C=O) groups excluding carboxylic acids is 2. The Balaban J connectivity index is 1.81. The highest BCUT2D eigenvalue weighted by molar-refractivity contribution is 5.98. The van der Waals surface area contributed by atoms with E-state index in [0.29, 0.717) is 22.8 Å². The summed E-state index contributed by atoms with van der Waals surface area (Å²) in [5.41, 5.74) is 1.03. The third-order valence-corrected chi connectivity index (χ3v) is 4.48. The van der Waals surface area contributed by atoms with Crippen LogP contribution in [0.1, 0.15) is 21.8 Å². The SMILES string of the molecule is O=C1NCCc2c1cc(-c1ccnc(-c3ccc(CO)o3)c1)n2OC(=O)C(F)(F)F. The number of furan rings is 1. The van der Waals surface area contributed by atoms with Gasteiger partial charge in [-0.2, -0.15) is 17.9 Å². The van der Waals surface area contributed by atoms with Crippen LogP contribution in [0.3, 0.4) is 0 Å². The minimum Gasteiger partial charge on any atom is -0.457 e. The summed E-state index contributed by atoms with van der Waals surface area (Å²) in [7, 11) is 0. The summed E-state index contributed by atoms with van der Waals surface area (Å²) >= 11 is 0. The molecule has 30 heavy (non-hydrogen) atoms. The van der Waals surface area contributed by atoms with Gasteiger partial charge in [0.1, 0.15) is 18.1 Å². The zero-order valence-corrected chi connectivity index (χ0v) is 15.2. The second kappa shape index (κ2) is 7.34. The van der Waals surface area contributed by atoms with Gasteiger partial charge < -0.3 is 19.7 Å². The van der Waals surface area contributed by atoms with E-state index in [1.54, 1.807) is 12.1 Å². The van der Waals surface area contributed by atoms with Crippen LogP contribution in [-0.2, 0) is 17.8 Å². The number of rotatable bonds is 4. The van der Waals surface area contributed by atoms with Gasteiger partial charge in [0.25, 0.3) is 5.91 Å². The van der Waals surface area contributed by atoms with Gasteiger partial charge in [-0.3, -0.25) is 9.78 Å². The predicted octanol–water partition coefficient (Wildman–Crippen LogP) is 2.11. The summed E-state index contributed by atoms with van der Waals surface area (Å²) in [6.45, 7) is -0.117. The van der Waals surface area contributed by atoms with Gasteiger partial charge >= 0.3 is 12.1 Å². The van der Waals surface area contributed by atoms with Crippen LogP contribution in [0.25, 0.3) is 22.7 Å². The molecule has 0 unspecified atom stereocenters. The van der Waals surface area contributed by atoms with E-state index in [0.717, 1.165) is 4.73 Å². The number of aliphatic hydroxyl groups is 1. The summed E-state index contributed by atoms with van der Waals surface area (Å²) in [6, 6.07) is 7.50. The van der Waals surface area contributed by atoms with Crippen molar-refractivity contribution in [3.63, 3.8) is 0 Å². The van der Waals surface area contributed by atoms with Crippen LogP contribution in [0.4, 0.5) is 13.2 Å². The van der Waals surface area contributed by atoms with E-state index in [9.17, 15) is 22.8 Å². The van der Waals surface area contributed by atoms with Crippen molar-refractivity contribution < 1.29 is 37.1 Å². The number of alkyl halides is 3. The van der Waals surface area contributed by atoms with Crippen molar-refractivity contribution in [1.29, 1.82) is 0 Å². The van der Waals surface area contributed by atoms with E-state index in [4.69, 9.17) is 9.52 Å². The highest BCUT2D eigenvalue weighted by atomic mass is 19.4. The van der Waals surface area contributed by atoms with E-state index in [-0.39, 0.29) is 36.5 Å². The van der Waals surface area contributed by atoms with E-state index in [2.05, 4.69) is 15.1 Å². The van der Waals surface area contributed by atoms with Crippen molar-refractivity contribution in [3.05, 3.63) is 53.5 Å². The first-order valence-electron chi connectivity index (χ1n) is 8.76. The Hall–Kier alpha value is -3.60. The van der Waals surface area contributed by atoms with Crippen molar-refractivity contribution in [2.75, 3.05) is 6.54 Å². The first-order chi connectivity index (χ1) is 14.3. The van der Waals surface area contributed by atoms with Gasteiger partial charge in [-0.15, -0.1) is 0 Å². The van der Waals surface area contributed by atoms with Gasteiger partial charge in [-0.25, -0.2) is 4.79 Å². The second-order valence-electron chi connectivity index (χ2n) is 6.42. The van der Waals surface area contributed by atoms with Crippen LogP contribution in [0.2, 0.25) is 0 Å². The van der Waals surface area contributed by atoms with Gasteiger partial charge in [0.15, 0.2) is 5.76 Å². The molecule has 2 N–H and O–H groups in total. The number of hydrogen-bond acceptors (Lipinski definition) is 6. The van der Waals surface area contributed by atoms with Crippen LogP contribution in [0.5, 0.6) is 0 Å². The number of fused-ring (bicyclic) bond motifs is 1. The molecule has 0 fully saturated rings.